The van der Waals surface area contributed by atoms with Crippen molar-refractivity contribution in [1.82, 2.24) is 5.32 Å². The highest BCUT2D eigenvalue weighted by atomic mass is 35.5. The van der Waals surface area contributed by atoms with Crippen molar-refractivity contribution in [2.24, 2.45) is 5.92 Å². The molecule has 1 aliphatic heterocycles. The van der Waals surface area contributed by atoms with Crippen molar-refractivity contribution >= 4 is 34.8 Å². The van der Waals surface area contributed by atoms with Crippen LogP contribution in [0.5, 0.6) is 0 Å². The van der Waals surface area contributed by atoms with Crippen LogP contribution < -0.4 is 11.1 Å². The maximum absolute atomic E-state index is 12.2. The molecule has 2 rings (SSSR count). The molecule has 1 unspecified atom stereocenters. The van der Waals surface area contributed by atoms with Gasteiger partial charge in [0.05, 0.1) is 15.7 Å². The number of nitrogens with one attached hydrogen (secondary N) is 1. The van der Waals surface area contributed by atoms with E-state index in [4.69, 9.17) is 33.7 Å². The lowest BCUT2D eigenvalue weighted by molar-refractivity contribution is 0.0538. The molecule has 3 N–H and O–H groups in total. The lowest BCUT2D eigenvalue weighted by Crippen LogP contribution is -2.40. The van der Waals surface area contributed by atoms with Crippen LogP contribution in [0.15, 0.2) is 12.1 Å². The molecule has 1 saturated heterocycles. The number of rotatable bonds is 3. The summed E-state index contributed by atoms with van der Waals surface area (Å²) < 4.78 is 5.32. The molecule has 0 spiro atoms. The summed E-state index contributed by atoms with van der Waals surface area (Å²) >= 11 is 11.9. The Morgan fingerprint density at radius 3 is 2.45 bits per heavy atom. The highest BCUT2D eigenvalue weighted by molar-refractivity contribution is 6.39. The molecule has 1 amide bonds. The first-order valence-electron chi connectivity index (χ1n) is 6.62. The maximum atomic E-state index is 12.2. The van der Waals surface area contributed by atoms with E-state index < -0.39 is 0 Å². The minimum Gasteiger partial charge on any atom is -0.396 e. The Bertz CT molecular complexity index is 479. The Morgan fingerprint density at radius 2 is 1.90 bits per heavy atom. The van der Waals surface area contributed by atoms with Crippen LogP contribution >= 0.6 is 23.2 Å². The molecule has 1 atom stereocenters. The Balaban J connectivity index is 2.04. The van der Waals surface area contributed by atoms with Gasteiger partial charge in [-0.2, -0.15) is 0 Å². The number of halogens is 2. The molecule has 0 bridgehead atoms. The second-order valence-corrected chi connectivity index (χ2v) is 5.88. The molecule has 1 heterocycles. The molecule has 20 heavy (non-hydrogen) atoms. The Hall–Kier alpha value is -0.970. The first kappa shape index (κ1) is 15.4. The van der Waals surface area contributed by atoms with Gasteiger partial charge in [-0.15, -0.1) is 0 Å². The fourth-order valence-electron chi connectivity index (χ4n) is 2.34. The fraction of sp³-hybridized carbons (Fsp3) is 0.500. The predicted octanol–water partition coefficient (Wildman–Crippen LogP) is 3.12. The Kier molecular flexibility index (Phi) is 5.13. The van der Waals surface area contributed by atoms with Crippen LogP contribution in [0.2, 0.25) is 10.0 Å². The van der Waals surface area contributed by atoms with Crippen LogP contribution in [0, 0.1) is 5.92 Å². The molecule has 110 valence electrons. The highest BCUT2D eigenvalue weighted by Gasteiger charge is 2.22. The van der Waals surface area contributed by atoms with Crippen molar-refractivity contribution < 1.29 is 9.53 Å². The van der Waals surface area contributed by atoms with Crippen LogP contribution in [-0.2, 0) is 4.74 Å². The molecule has 1 aromatic carbocycles. The zero-order valence-corrected chi connectivity index (χ0v) is 12.8. The van der Waals surface area contributed by atoms with E-state index in [1.807, 2.05) is 6.92 Å². The van der Waals surface area contributed by atoms with Gasteiger partial charge in [-0.3, -0.25) is 4.79 Å². The Labute approximate surface area is 128 Å². The van der Waals surface area contributed by atoms with Crippen molar-refractivity contribution in [3.8, 4) is 0 Å². The van der Waals surface area contributed by atoms with Crippen molar-refractivity contribution in [1.29, 1.82) is 0 Å². The molecule has 0 aliphatic carbocycles. The number of hydrogen-bond acceptors (Lipinski definition) is 3. The van der Waals surface area contributed by atoms with Crippen molar-refractivity contribution in [3.05, 3.63) is 27.7 Å². The van der Waals surface area contributed by atoms with Crippen LogP contribution in [0.4, 0.5) is 5.69 Å². The third-order valence-corrected chi connectivity index (χ3v) is 4.30. The lowest BCUT2D eigenvalue weighted by Gasteiger charge is -2.28. The van der Waals surface area contributed by atoms with Crippen LogP contribution in [0.1, 0.15) is 30.1 Å². The zero-order chi connectivity index (χ0) is 14.7. The van der Waals surface area contributed by atoms with E-state index in [0.29, 0.717) is 27.2 Å². The van der Waals surface area contributed by atoms with E-state index in [-0.39, 0.29) is 11.9 Å². The van der Waals surface area contributed by atoms with Crippen LogP contribution in [0.25, 0.3) is 0 Å². The average Bonchev–Trinajstić information content (AvgIpc) is 2.45. The van der Waals surface area contributed by atoms with Gasteiger partial charge in [-0.05, 0) is 37.8 Å². The number of carbonyl (C=O) groups excluding carboxylic acids is 1. The van der Waals surface area contributed by atoms with Crippen molar-refractivity contribution in [2.45, 2.75) is 25.8 Å². The number of amides is 1. The van der Waals surface area contributed by atoms with E-state index in [9.17, 15) is 4.79 Å². The average molecular weight is 317 g/mol. The second-order valence-electron chi connectivity index (χ2n) is 5.07. The molecular weight excluding hydrogens is 299 g/mol. The summed E-state index contributed by atoms with van der Waals surface area (Å²) in [7, 11) is 0. The van der Waals surface area contributed by atoms with Gasteiger partial charge >= 0.3 is 0 Å². The third kappa shape index (κ3) is 3.57. The van der Waals surface area contributed by atoms with Crippen molar-refractivity contribution in [2.75, 3.05) is 18.9 Å². The summed E-state index contributed by atoms with van der Waals surface area (Å²) in [6.45, 7) is 3.52. The Morgan fingerprint density at radius 1 is 1.35 bits per heavy atom. The summed E-state index contributed by atoms with van der Waals surface area (Å²) in [5.74, 6) is 0.250. The number of nitrogens with two attached hydrogens (primary N) is 1. The molecule has 0 saturated carbocycles. The molecule has 0 aromatic heterocycles. The van der Waals surface area contributed by atoms with Gasteiger partial charge in [-0.25, -0.2) is 0 Å². The quantitative estimate of drug-likeness (QED) is 0.842. The number of benzene rings is 1. The highest BCUT2D eigenvalue weighted by Crippen LogP contribution is 2.29. The van der Waals surface area contributed by atoms with E-state index in [0.717, 1.165) is 26.1 Å². The molecule has 1 aliphatic rings. The number of anilines is 1. The second kappa shape index (κ2) is 6.66. The fourth-order valence-corrected chi connectivity index (χ4v) is 2.83. The monoisotopic (exact) mass is 316 g/mol. The first-order chi connectivity index (χ1) is 9.49. The van der Waals surface area contributed by atoms with E-state index >= 15 is 0 Å². The topological polar surface area (TPSA) is 64.4 Å². The number of ether oxygens (including phenoxy) is 1. The number of nitrogen functional groups attached to an aromatic ring is 1. The standard InChI is InChI=1S/C14H18Cl2N2O2/c1-8(9-2-4-20-5-3-9)18-14(19)10-6-11(15)13(17)12(16)7-10/h6-9H,2-5,17H2,1H3,(H,18,19). The maximum Gasteiger partial charge on any atom is 0.251 e. The van der Waals surface area contributed by atoms with E-state index in [2.05, 4.69) is 5.32 Å². The SMILES string of the molecule is CC(NC(=O)c1cc(Cl)c(N)c(Cl)c1)C1CCOCC1. The van der Waals surface area contributed by atoms with Crippen LogP contribution in [0.3, 0.4) is 0 Å². The van der Waals surface area contributed by atoms with E-state index in [1.165, 1.54) is 12.1 Å². The van der Waals surface area contributed by atoms with Gasteiger partial charge in [0.15, 0.2) is 0 Å². The molecule has 6 heteroatoms. The van der Waals surface area contributed by atoms with Gasteiger partial charge in [0.1, 0.15) is 0 Å². The summed E-state index contributed by atoms with van der Waals surface area (Å²) in [6.07, 6.45) is 1.93. The molecule has 1 aromatic rings. The van der Waals surface area contributed by atoms with E-state index in [1.54, 1.807) is 0 Å². The van der Waals surface area contributed by atoms with Gasteiger partial charge in [0.25, 0.3) is 5.91 Å². The zero-order valence-electron chi connectivity index (χ0n) is 11.3. The smallest absolute Gasteiger partial charge is 0.251 e. The minimum atomic E-state index is -0.187. The van der Waals surface area contributed by atoms with Crippen LogP contribution in [-0.4, -0.2) is 25.2 Å². The molecule has 0 radical (unpaired) electrons. The number of hydrogen-bond donors (Lipinski definition) is 2. The van der Waals surface area contributed by atoms with Gasteiger partial charge in [0, 0.05) is 24.8 Å². The van der Waals surface area contributed by atoms with Crippen molar-refractivity contribution in [3.63, 3.8) is 0 Å². The van der Waals surface area contributed by atoms with Gasteiger partial charge in [0.2, 0.25) is 0 Å². The molecule has 4 nitrogen and oxygen atoms in total. The predicted molar refractivity (Wildman–Crippen MR) is 81.3 cm³/mol. The minimum absolute atomic E-state index is 0.0847. The first-order valence-corrected chi connectivity index (χ1v) is 7.37. The lowest BCUT2D eigenvalue weighted by atomic mass is 9.93. The summed E-state index contributed by atoms with van der Waals surface area (Å²) in [4.78, 5) is 12.2. The van der Waals surface area contributed by atoms with Gasteiger partial charge in [-0.1, -0.05) is 23.2 Å². The largest absolute Gasteiger partial charge is 0.396 e. The normalized spacial score (nSPS) is 17.8. The number of carbonyl (C=O) groups is 1. The summed E-state index contributed by atoms with van der Waals surface area (Å²) in [5.41, 5.74) is 6.38. The summed E-state index contributed by atoms with van der Waals surface area (Å²) in [5, 5.41) is 3.57. The van der Waals surface area contributed by atoms with Gasteiger partial charge < -0.3 is 15.8 Å². The molecule has 1 fully saturated rings. The third-order valence-electron chi connectivity index (χ3n) is 3.67. The molecular formula is C14H18Cl2N2O2. The summed E-state index contributed by atoms with van der Waals surface area (Å²) in [6, 6.07) is 3.16.